The summed E-state index contributed by atoms with van der Waals surface area (Å²) in [5.74, 6) is 0. The fourth-order valence-electron chi connectivity index (χ4n) is 0. The summed E-state index contributed by atoms with van der Waals surface area (Å²) < 4.78 is 34.0. The quantitative estimate of drug-likeness (QED) is 0.353. The molecule has 0 heterocycles. The third-order valence-corrected chi connectivity index (χ3v) is 0. The smallest absolute Gasteiger partial charge is 0.142 e. The summed E-state index contributed by atoms with van der Waals surface area (Å²) in [7, 11) is -4.94. The Hall–Kier alpha value is -0.200. The Balaban J connectivity index is 0. The molecule has 0 aliphatic heterocycles. The van der Waals surface area contributed by atoms with Gasteiger partial charge in [0, 0.05) is 13.8 Å². The van der Waals surface area contributed by atoms with Crippen LogP contribution in [0.25, 0.3) is 0 Å². The summed E-state index contributed by atoms with van der Waals surface area (Å²) >= 11 is 0. The molecule has 0 saturated heterocycles. The second-order valence-electron chi connectivity index (χ2n) is 1.46. The first kappa shape index (κ1) is 11.6. The van der Waals surface area contributed by atoms with Crippen LogP contribution in [0.2, 0.25) is 0 Å². The van der Waals surface area contributed by atoms with Crippen LogP contribution in [0.3, 0.4) is 0 Å². The highest BCUT2D eigenvalue weighted by atomic mass is 35.7. The lowest BCUT2D eigenvalue weighted by atomic mass is 10.5. The molecule has 0 saturated carbocycles. The van der Waals surface area contributed by atoms with Crippen LogP contribution in [0.5, 0.6) is 0 Å². The first-order chi connectivity index (χ1) is 3.73. The van der Waals surface area contributed by atoms with Gasteiger partial charge in [-0.2, -0.15) is 0 Å². The Morgan fingerprint density at radius 1 is 1.11 bits per heavy atom. The molecular weight excluding hydrogens is 149 g/mol. The third-order valence-electron chi connectivity index (χ3n) is 0. The van der Waals surface area contributed by atoms with Crippen LogP contribution >= 0.6 is 0 Å². The van der Waals surface area contributed by atoms with Crippen molar-refractivity contribution in [2.24, 2.45) is 0 Å². The molecule has 0 rings (SSSR count). The molecule has 0 bridgehead atoms. The van der Waals surface area contributed by atoms with Crippen molar-refractivity contribution in [3.63, 3.8) is 0 Å². The van der Waals surface area contributed by atoms with Gasteiger partial charge in [-0.25, -0.2) is 18.6 Å². The van der Waals surface area contributed by atoms with E-state index in [2.05, 4.69) is 0 Å². The van der Waals surface area contributed by atoms with E-state index in [1.165, 1.54) is 0 Å². The first-order valence-electron chi connectivity index (χ1n) is 1.91. The molecule has 0 spiro atoms. The van der Waals surface area contributed by atoms with Crippen molar-refractivity contribution in [1.82, 2.24) is 0 Å². The van der Waals surface area contributed by atoms with Crippen molar-refractivity contribution in [3.8, 4) is 0 Å². The largest absolute Gasteiger partial charge is 0.262 e. The SMILES string of the molecule is CC(C)=[NH2+].[O-][Cl+3]([O-])([O-])[O-]. The van der Waals surface area contributed by atoms with Crippen LogP contribution in [0.4, 0.5) is 0 Å². The lowest BCUT2D eigenvalue weighted by Gasteiger charge is -2.17. The van der Waals surface area contributed by atoms with Gasteiger partial charge in [-0.1, -0.05) is 0 Å². The minimum atomic E-state index is -4.94. The van der Waals surface area contributed by atoms with E-state index in [0.29, 0.717) is 0 Å². The van der Waals surface area contributed by atoms with Gasteiger partial charge in [0.1, 0.15) is 5.71 Å². The zero-order valence-electron chi connectivity index (χ0n) is 5.09. The van der Waals surface area contributed by atoms with Gasteiger partial charge in [0.05, 0.1) is 0 Å². The van der Waals surface area contributed by atoms with Gasteiger partial charge in [0.15, 0.2) is 0 Å². The van der Waals surface area contributed by atoms with Gasteiger partial charge >= 0.3 is 0 Å². The van der Waals surface area contributed by atoms with Gasteiger partial charge in [-0.3, -0.25) is 5.41 Å². The lowest BCUT2D eigenvalue weighted by molar-refractivity contribution is -2.00. The van der Waals surface area contributed by atoms with Crippen molar-refractivity contribution in [2.45, 2.75) is 13.8 Å². The number of nitrogens with two attached hydrogens (primary N) is 1. The molecule has 2 N–H and O–H groups in total. The Morgan fingerprint density at radius 2 is 1.11 bits per heavy atom. The normalized spacial score (nSPS) is 9.56. The summed E-state index contributed by atoms with van der Waals surface area (Å²) in [5, 5.41) is 5.03. The van der Waals surface area contributed by atoms with E-state index < -0.39 is 10.2 Å². The van der Waals surface area contributed by atoms with E-state index in [9.17, 15) is 0 Å². The molecule has 0 aliphatic carbocycles. The average Bonchev–Trinajstić information content (AvgIpc) is 1.19. The van der Waals surface area contributed by atoms with Crippen molar-refractivity contribution in [2.75, 3.05) is 0 Å². The molecule has 0 amide bonds. The monoisotopic (exact) mass is 157 g/mol. The minimum Gasteiger partial charge on any atom is -0.262 e. The first-order valence-corrected chi connectivity index (χ1v) is 3.14. The Kier molecular flexibility index (Phi) is 5.99. The molecule has 0 aromatic rings. The molecule has 56 valence electrons. The summed E-state index contributed by atoms with van der Waals surface area (Å²) in [6, 6.07) is 0. The maximum absolute atomic E-state index is 8.49. The second kappa shape index (κ2) is 4.66. The van der Waals surface area contributed by atoms with Crippen LogP contribution in [-0.2, 0) is 0 Å². The van der Waals surface area contributed by atoms with Crippen LogP contribution < -0.4 is 24.0 Å². The standard InChI is InChI=1S/C3H7N.ClHO4/c1-3(2)4;2-1(3,4)5/h4H,1-2H3;(H,2,3,4,5). The van der Waals surface area contributed by atoms with E-state index in [0.717, 1.165) is 5.71 Å². The van der Waals surface area contributed by atoms with E-state index in [1.807, 2.05) is 13.8 Å². The summed E-state index contributed by atoms with van der Waals surface area (Å²) in [6.07, 6.45) is 0. The van der Waals surface area contributed by atoms with Crippen LogP contribution in [0.1, 0.15) is 13.8 Å². The van der Waals surface area contributed by atoms with Crippen LogP contribution in [-0.4, -0.2) is 5.71 Å². The molecule has 0 aliphatic rings. The molecule has 0 fully saturated rings. The van der Waals surface area contributed by atoms with E-state index in [-0.39, 0.29) is 0 Å². The van der Waals surface area contributed by atoms with Gasteiger partial charge in [-0.05, 0) is 0 Å². The zero-order valence-corrected chi connectivity index (χ0v) is 5.84. The molecule has 5 nitrogen and oxygen atoms in total. The predicted molar refractivity (Wildman–Crippen MR) is 18.3 cm³/mol. The summed E-state index contributed by atoms with van der Waals surface area (Å²) in [5.41, 5.74) is 0.917. The molecule has 0 aromatic carbocycles. The average molecular weight is 158 g/mol. The van der Waals surface area contributed by atoms with E-state index in [1.54, 1.807) is 0 Å². The van der Waals surface area contributed by atoms with Crippen molar-refractivity contribution >= 4 is 5.71 Å². The molecule has 9 heavy (non-hydrogen) atoms. The maximum Gasteiger partial charge on any atom is 0.142 e. The number of rotatable bonds is 0. The molecule has 0 unspecified atom stereocenters. The molecular formula is C3H8ClNO4. The lowest BCUT2D eigenvalue weighted by Crippen LogP contribution is -2.68. The number of hydrogen-bond acceptors (Lipinski definition) is 4. The molecule has 0 atom stereocenters. The number of halogens is 1. The fourth-order valence-corrected chi connectivity index (χ4v) is 0. The predicted octanol–water partition coefficient (Wildman–Crippen LogP) is -5.53. The highest BCUT2D eigenvalue weighted by Gasteiger charge is 1.84. The zero-order chi connectivity index (χ0) is 8.08. The van der Waals surface area contributed by atoms with Crippen LogP contribution in [0, 0.1) is 10.2 Å². The third kappa shape index (κ3) is 6560. The molecule has 0 radical (unpaired) electrons. The Labute approximate surface area is 54.8 Å². The molecule has 6 heteroatoms. The second-order valence-corrected chi connectivity index (χ2v) is 2.21. The summed E-state index contributed by atoms with van der Waals surface area (Å²) in [6.45, 7) is 3.72. The maximum atomic E-state index is 8.49. The van der Waals surface area contributed by atoms with Crippen molar-refractivity contribution in [1.29, 1.82) is 0 Å². The van der Waals surface area contributed by atoms with Crippen LogP contribution in [0.15, 0.2) is 0 Å². The van der Waals surface area contributed by atoms with Gasteiger partial charge in [0.2, 0.25) is 0 Å². The van der Waals surface area contributed by atoms with Crippen molar-refractivity contribution < 1.29 is 34.3 Å². The highest BCUT2D eigenvalue weighted by molar-refractivity contribution is 5.72. The molecule has 0 aromatic heterocycles. The Morgan fingerprint density at radius 3 is 1.11 bits per heavy atom. The van der Waals surface area contributed by atoms with Crippen molar-refractivity contribution in [3.05, 3.63) is 0 Å². The minimum absolute atomic E-state index is 0.917. The van der Waals surface area contributed by atoms with Gasteiger partial charge in [-0.15, -0.1) is 10.2 Å². The topological polar surface area (TPSA) is 118 Å². The Bertz CT molecular complexity index is 78.3. The van der Waals surface area contributed by atoms with Gasteiger partial charge < -0.3 is 0 Å². The number of hydrogen-bond donors (Lipinski definition) is 1. The van der Waals surface area contributed by atoms with Gasteiger partial charge in [0.25, 0.3) is 0 Å². The van der Waals surface area contributed by atoms with E-state index in [4.69, 9.17) is 24.0 Å². The summed E-state index contributed by atoms with van der Waals surface area (Å²) in [4.78, 5) is 0. The fraction of sp³-hybridized carbons (Fsp3) is 0.667. The highest BCUT2D eigenvalue weighted by Crippen LogP contribution is 1.49. The van der Waals surface area contributed by atoms with E-state index >= 15 is 0 Å².